The van der Waals surface area contributed by atoms with Gasteiger partial charge in [-0.3, -0.25) is 19.7 Å². The molecule has 4 atom stereocenters. The summed E-state index contributed by atoms with van der Waals surface area (Å²) in [4.78, 5) is 49.0. The number of nitrogens with zero attached hydrogens (tertiary/aromatic N) is 4. The van der Waals surface area contributed by atoms with Crippen molar-refractivity contribution in [3.05, 3.63) is 51.8 Å². The molecule has 2 aromatic rings. The number of piperazine rings is 1. The molecule has 4 heterocycles. The van der Waals surface area contributed by atoms with Gasteiger partial charge in [-0.15, -0.1) is 0 Å². The van der Waals surface area contributed by atoms with Crippen molar-refractivity contribution in [2.75, 3.05) is 43.4 Å². The number of hydrogen-bond acceptors (Lipinski definition) is 9. The number of benzene rings is 1. The van der Waals surface area contributed by atoms with E-state index in [1.165, 1.54) is 18.3 Å². The summed E-state index contributed by atoms with van der Waals surface area (Å²) in [5.41, 5.74) is 6.63. The molecule has 3 aliphatic heterocycles. The summed E-state index contributed by atoms with van der Waals surface area (Å²) >= 11 is 12.6. The third kappa shape index (κ3) is 5.78. The highest BCUT2D eigenvalue weighted by atomic mass is 35.5. The van der Waals surface area contributed by atoms with Crippen molar-refractivity contribution in [3.63, 3.8) is 0 Å². The van der Waals surface area contributed by atoms with Crippen molar-refractivity contribution in [3.8, 4) is 5.75 Å². The number of fused-ring (bicyclic) bond motifs is 1. The minimum Gasteiger partial charge on any atom is -0.506 e. The third-order valence-corrected chi connectivity index (χ3v) is 8.19. The van der Waals surface area contributed by atoms with E-state index >= 15 is 0 Å². The summed E-state index contributed by atoms with van der Waals surface area (Å²) in [7, 11) is 2.08. The summed E-state index contributed by atoms with van der Waals surface area (Å²) in [5.74, 6) is -1.92. The van der Waals surface area contributed by atoms with Gasteiger partial charge in [0, 0.05) is 37.9 Å². The number of carbonyl (C=O) groups excluding carboxylic acids is 3. The zero-order chi connectivity index (χ0) is 29.6. The molecular formula is C27H32Cl2N8O4. The van der Waals surface area contributed by atoms with E-state index in [0.717, 1.165) is 25.5 Å². The molecule has 41 heavy (non-hydrogen) atoms. The Morgan fingerprint density at radius 1 is 1.20 bits per heavy atom. The summed E-state index contributed by atoms with van der Waals surface area (Å²) in [5, 5.41) is 19.5. The van der Waals surface area contributed by atoms with Gasteiger partial charge in [-0.05, 0) is 44.2 Å². The van der Waals surface area contributed by atoms with Crippen molar-refractivity contribution < 1.29 is 19.5 Å². The number of anilines is 2. The van der Waals surface area contributed by atoms with Crippen molar-refractivity contribution in [1.29, 1.82) is 0 Å². The van der Waals surface area contributed by atoms with Crippen LogP contribution in [0.5, 0.6) is 5.75 Å². The Labute approximate surface area is 247 Å². The molecule has 3 amide bonds. The van der Waals surface area contributed by atoms with Crippen LogP contribution >= 0.6 is 23.2 Å². The quantitative estimate of drug-likeness (QED) is 0.331. The lowest BCUT2D eigenvalue weighted by molar-refractivity contribution is -0.129. The molecule has 0 spiro atoms. The van der Waals surface area contributed by atoms with Crippen molar-refractivity contribution in [1.82, 2.24) is 25.4 Å². The molecule has 6 N–H and O–H groups in total. The Hall–Kier alpha value is -3.58. The number of halogens is 2. The van der Waals surface area contributed by atoms with E-state index in [0.29, 0.717) is 21.8 Å². The van der Waals surface area contributed by atoms with E-state index in [1.807, 2.05) is 0 Å². The molecule has 3 aliphatic rings. The second-order valence-electron chi connectivity index (χ2n) is 10.7. The van der Waals surface area contributed by atoms with Crippen LogP contribution in [-0.2, 0) is 9.59 Å². The standard InChI is InChI=1S/C27H32Cl2N8O4/c1-13-10-35(3)4-5-37(13)21-8-20(19(29)9-31-21)34-22(38)12-36-11-17(23-26(36)32-14(2)33-27(23)41)15-6-16(25(30)40)24(39)18(28)7-15/h6-9,11,13-14,23,26,32,39H,4-5,10,12H2,1-3H3,(H2,30,40)(H,33,41)(H,31,34,38)/t13-,14?,23?,26?/m0/s1. The van der Waals surface area contributed by atoms with Crippen molar-refractivity contribution >= 4 is 58.0 Å². The molecule has 5 rings (SSSR count). The van der Waals surface area contributed by atoms with Crippen LogP contribution in [0.15, 0.2) is 30.6 Å². The second-order valence-corrected chi connectivity index (χ2v) is 11.5. The first kappa shape index (κ1) is 28.9. The number of primary amides is 1. The van der Waals surface area contributed by atoms with Crippen LogP contribution in [0.1, 0.15) is 29.8 Å². The molecule has 2 saturated heterocycles. The number of likely N-dealkylation sites (N-methyl/N-ethyl adjacent to an activating group) is 1. The fourth-order valence-electron chi connectivity index (χ4n) is 5.65. The molecular weight excluding hydrogens is 571 g/mol. The lowest BCUT2D eigenvalue weighted by Gasteiger charge is -2.39. The van der Waals surface area contributed by atoms with Gasteiger partial charge in [0.2, 0.25) is 11.8 Å². The van der Waals surface area contributed by atoms with E-state index in [2.05, 4.69) is 44.7 Å². The van der Waals surface area contributed by atoms with Gasteiger partial charge < -0.3 is 36.2 Å². The highest BCUT2D eigenvalue weighted by molar-refractivity contribution is 6.33. The van der Waals surface area contributed by atoms with Gasteiger partial charge in [-0.1, -0.05) is 23.2 Å². The van der Waals surface area contributed by atoms with Crippen LogP contribution in [0.25, 0.3) is 5.57 Å². The number of rotatable bonds is 6. The summed E-state index contributed by atoms with van der Waals surface area (Å²) in [6, 6.07) is 4.86. The van der Waals surface area contributed by atoms with E-state index in [-0.39, 0.29) is 41.2 Å². The molecule has 1 aromatic carbocycles. The van der Waals surface area contributed by atoms with Gasteiger partial charge in [-0.25, -0.2) is 4.98 Å². The van der Waals surface area contributed by atoms with E-state index < -0.39 is 23.7 Å². The average molecular weight is 604 g/mol. The van der Waals surface area contributed by atoms with Gasteiger partial charge in [0.1, 0.15) is 11.6 Å². The number of amides is 3. The van der Waals surface area contributed by atoms with Crippen LogP contribution < -0.4 is 26.6 Å². The summed E-state index contributed by atoms with van der Waals surface area (Å²) in [6.45, 7) is 6.41. The van der Waals surface area contributed by atoms with E-state index in [9.17, 15) is 19.5 Å². The fraction of sp³-hybridized carbons (Fsp3) is 0.407. The predicted molar refractivity (Wildman–Crippen MR) is 157 cm³/mol. The van der Waals surface area contributed by atoms with E-state index in [1.54, 1.807) is 24.1 Å². The average Bonchev–Trinajstić information content (AvgIpc) is 3.25. The maximum Gasteiger partial charge on any atom is 0.252 e. The van der Waals surface area contributed by atoms with Crippen molar-refractivity contribution in [2.45, 2.75) is 32.2 Å². The molecule has 0 bridgehead atoms. The number of phenols is 1. The minimum atomic E-state index is -0.864. The first-order valence-electron chi connectivity index (χ1n) is 13.2. The smallest absolute Gasteiger partial charge is 0.252 e. The number of nitrogens with two attached hydrogens (primary N) is 1. The SMILES string of the molecule is CC1NC(=O)C2C(c3cc(Cl)c(O)c(C(N)=O)c3)=CN(CC(=O)Nc3cc(N4CCN(C)C[C@@H]4C)ncc3Cl)C2N1. The zero-order valence-electron chi connectivity index (χ0n) is 22.8. The summed E-state index contributed by atoms with van der Waals surface area (Å²) in [6.07, 6.45) is 2.30. The highest BCUT2D eigenvalue weighted by Gasteiger charge is 2.45. The number of carbonyl (C=O) groups is 3. The Balaban J connectivity index is 1.40. The van der Waals surface area contributed by atoms with Gasteiger partial charge in [0.25, 0.3) is 5.91 Å². The van der Waals surface area contributed by atoms with Crippen LogP contribution in [0.2, 0.25) is 10.0 Å². The van der Waals surface area contributed by atoms with Crippen LogP contribution in [0, 0.1) is 5.92 Å². The molecule has 2 fully saturated rings. The number of nitrogens with one attached hydrogen (secondary N) is 3. The second kappa shape index (κ2) is 11.4. The Bertz CT molecular complexity index is 1440. The third-order valence-electron chi connectivity index (χ3n) is 7.60. The topological polar surface area (TPSA) is 156 Å². The lowest BCUT2D eigenvalue weighted by atomic mass is 9.89. The maximum atomic E-state index is 13.3. The zero-order valence-corrected chi connectivity index (χ0v) is 24.3. The number of pyridine rings is 1. The van der Waals surface area contributed by atoms with E-state index in [4.69, 9.17) is 28.9 Å². The number of aromatic hydroxyl groups is 1. The monoisotopic (exact) mass is 602 g/mol. The van der Waals surface area contributed by atoms with Gasteiger partial charge >= 0.3 is 0 Å². The van der Waals surface area contributed by atoms with Gasteiger partial charge in [0.05, 0.1) is 52.3 Å². The maximum absolute atomic E-state index is 13.3. The molecule has 12 nitrogen and oxygen atoms in total. The minimum absolute atomic E-state index is 0.0831. The van der Waals surface area contributed by atoms with Gasteiger partial charge in [-0.2, -0.15) is 0 Å². The molecule has 3 unspecified atom stereocenters. The molecule has 218 valence electrons. The first-order chi connectivity index (χ1) is 19.4. The molecule has 14 heteroatoms. The molecule has 0 radical (unpaired) electrons. The first-order valence-corrected chi connectivity index (χ1v) is 14.0. The van der Waals surface area contributed by atoms with Crippen molar-refractivity contribution in [2.24, 2.45) is 11.7 Å². The van der Waals surface area contributed by atoms with Crippen LogP contribution in [-0.4, -0.2) is 89.2 Å². The number of aromatic nitrogens is 1. The van der Waals surface area contributed by atoms with Crippen LogP contribution in [0.4, 0.5) is 11.5 Å². The predicted octanol–water partition coefficient (Wildman–Crippen LogP) is 1.64. The Morgan fingerprint density at radius 3 is 2.66 bits per heavy atom. The number of hydrogen-bond donors (Lipinski definition) is 5. The summed E-state index contributed by atoms with van der Waals surface area (Å²) < 4.78 is 0. The normalized spacial score (nSPS) is 24.5. The molecule has 0 aliphatic carbocycles. The van der Waals surface area contributed by atoms with Gasteiger partial charge in [0.15, 0.2) is 0 Å². The largest absolute Gasteiger partial charge is 0.506 e. The Kier molecular flexibility index (Phi) is 8.02. The Morgan fingerprint density at radius 2 is 1.95 bits per heavy atom. The lowest BCUT2D eigenvalue weighted by Crippen LogP contribution is -2.63. The van der Waals surface area contributed by atoms with Crippen LogP contribution in [0.3, 0.4) is 0 Å². The highest BCUT2D eigenvalue weighted by Crippen LogP contribution is 2.40. The molecule has 0 saturated carbocycles. The molecule has 1 aromatic heterocycles. The fourth-order valence-corrected chi connectivity index (χ4v) is 6.02.